The topological polar surface area (TPSA) is 92.4 Å². The fraction of sp³-hybridized carbons (Fsp3) is 0.833. The Bertz CT molecular complexity index is 294. The van der Waals surface area contributed by atoms with E-state index in [0.29, 0.717) is 0 Å². The lowest BCUT2D eigenvalue weighted by molar-refractivity contribution is -0.149. The van der Waals surface area contributed by atoms with Crippen LogP contribution >= 0.6 is 0 Å². The van der Waals surface area contributed by atoms with Gasteiger partial charge in [-0.3, -0.25) is 9.59 Å². The predicted molar refractivity (Wildman–Crippen MR) is 64.4 cm³/mol. The first-order chi connectivity index (χ1) is 7.81. The molecule has 0 bridgehead atoms. The third-order valence-electron chi connectivity index (χ3n) is 3.32. The fourth-order valence-electron chi connectivity index (χ4n) is 2.02. The smallest absolute Gasteiger partial charge is 0.309 e. The predicted octanol–water partition coefficient (Wildman–Crippen LogP) is 0.873. The number of carboxylic acids is 1. The maximum absolute atomic E-state index is 11.7. The number of hydrogen-bond acceptors (Lipinski definition) is 3. The molecule has 1 aliphatic carbocycles. The van der Waals surface area contributed by atoms with Gasteiger partial charge in [0.2, 0.25) is 5.91 Å². The third-order valence-corrected chi connectivity index (χ3v) is 3.32. The van der Waals surface area contributed by atoms with Crippen molar-refractivity contribution in [2.75, 3.05) is 0 Å². The number of nitrogens with one attached hydrogen (secondary N) is 1. The van der Waals surface area contributed by atoms with Gasteiger partial charge in [0.1, 0.15) is 0 Å². The molecule has 1 aliphatic rings. The molecular formula is C12H22N2O3. The normalized spacial score (nSPS) is 25.4. The van der Waals surface area contributed by atoms with Crippen molar-refractivity contribution < 1.29 is 14.7 Å². The number of hydrogen-bond donors (Lipinski definition) is 3. The minimum atomic E-state index is -1.00. The molecule has 0 aromatic heterocycles. The second-order valence-electron chi connectivity index (χ2n) is 5.55. The molecule has 0 spiro atoms. The molecule has 0 saturated heterocycles. The van der Waals surface area contributed by atoms with Gasteiger partial charge in [-0.05, 0) is 39.5 Å². The van der Waals surface area contributed by atoms with Crippen molar-refractivity contribution in [3.05, 3.63) is 0 Å². The second-order valence-corrected chi connectivity index (χ2v) is 5.55. The highest BCUT2D eigenvalue weighted by molar-refractivity contribution is 5.84. The summed E-state index contributed by atoms with van der Waals surface area (Å²) in [6, 6.07) is 0.408. The van der Waals surface area contributed by atoms with Gasteiger partial charge >= 0.3 is 5.97 Å². The molecule has 1 rings (SSSR count). The number of amides is 1. The lowest BCUT2D eigenvalue weighted by Crippen LogP contribution is -2.42. The quantitative estimate of drug-likeness (QED) is 0.682. The Labute approximate surface area is 102 Å². The van der Waals surface area contributed by atoms with Crippen LogP contribution in [0, 0.1) is 5.41 Å². The molecule has 98 valence electrons. The van der Waals surface area contributed by atoms with Crippen molar-refractivity contribution in [3.63, 3.8) is 0 Å². The number of rotatable bonds is 4. The number of nitrogens with two attached hydrogens (primary N) is 1. The Morgan fingerprint density at radius 3 is 2.29 bits per heavy atom. The number of carboxylic acid groups (broad SMARTS) is 1. The SMILES string of the molecule is CC(C)(CC(=O)NC1CCC(N)CC1)C(=O)O. The van der Waals surface area contributed by atoms with Crippen LogP contribution in [0.2, 0.25) is 0 Å². The van der Waals surface area contributed by atoms with Crippen molar-refractivity contribution in [2.24, 2.45) is 11.1 Å². The number of carbonyl (C=O) groups excluding carboxylic acids is 1. The summed E-state index contributed by atoms with van der Waals surface area (Å²) in [6.07, 6.45) is 3.65. The van der Waals surface area contributed by atoms with Gasteiger partial charge in [0.15, 0.2) is 0 Å². The summed E-state index contributed by atoms with van der Waals surface area (Å²) in [7, 11) is 0. The van der Waals surface area contributed by atoms with E-state index >= 15 is 0 Å². The molecule has 0 aromatic carbocycles. The maximum atomic E-state index is 11.7. The summed E-state index contributed by atoms with van der Waals surface area (Å²) in [5.74, 6) is -1.13. The second kappa shape index (κ2) is 5.49. The van der Waals surface area contributed by atoms with Crippen molar-refractivity contribution in [3.8, 4) is 0 Å². The summed E-state index contributed by atoms with van der Waals surface area (Å²) in [4.78, 5) is 22.6. The van der Waals surface area contributed by atoms with Crippen LogP contribution in [0.15, 0.2) is 0 Å². The fourth-order valence-corrected chi connectivity index (χ4v) is 2.02. The molecule has 0 aromatic rings. The van der Waals surface area contributed by atoms with Crippen LogP contribution in [0.25, 0.3) is 0 Å². The summed E-state index contributed by atoms with van der Waals surface area (Å²) in [5, 5.41) is 11.8. The molecule has 17 heavy (non-hydrogen) atoms. The van der Waals surface area contributed by atoms with Crippen molar-refractivity contribution in [1.29, 1.82) is 0 Å². The summed E-state index contributed by atoms with van der Waals surface area (Å²) in [5.41, 5.74) is 4.77. The lowest BCUT2D eigenvalue weighted by Gasteiger charge is -2.28. The van der Waals surface area contributed by atoms with Crippen LogP contribution in [0.4, 0.5) is 0 Å². The average molecular weight is 242 g/mol. The van der Waals surface area contributed by atoms with Crippen LogP contribution in [0.5, 0.6) is 0 Å². The molecule has 0 aliphatic heterocycles. The first-order valence-corrected chi connectivity index (χ1v) is 6.09. The van der Waals surface area contributed by atoms with Crippen LogP contribution in [-0.4, -0.2) is 29.1 Å². The summed E-state index contributed by atoms with van der Waals surface area (Å²) in [6.45, 7) is 3.12. The van der Waals surface area contributed by atoms with E-state index < -0.39 is 11.4 Å². The Hall–Kier alpha value is -1.10. The summed E-state index contributed by atoms with van der Waals surface area (Å²) < 4.78 is 0. The third kappa shape index (κ3) is 4.34. The van der Waals surface area contributed by atoms with Gasteiger partial charge < -0.3 is 16.2 Å². The van der Waals surface area contributed by atoms with Crippen molar-refractivity contribution >= 4 is 11.9 Å². The molecule has 0 atom stereocenters. The summed E-state index contributed by atoms with van der Waals surface area (Å²) >= 11 is 0. The molecule has 0 unspecified atom stereocenters. The van der Waals surface area contributed by atoms with E-state index in [2.05, 4.69) is 5.32 Å². The number of aliphatic carboxylic acids is 1. The Kier molecular flexibility index (Phi) is 4.51. The van der Waals surface area contributed by atoms with Gasteiger partial charge in [-0.2, -0.15) is 0 Å². The first-order valence-electron chi connectivity index (χ1n) is 6.09. The van der Waals surface area contributed by atoms with E-state index in [1.165, 1.54) is 0 Å². The number of carbonyl (C=O) groups is 2. The van der Waals surface area contributed by atoms with Crippen molar-refractivity contribution in [1.82, 2.24) is 5.32 Å². The van der Waals surface area contributed by atoms with E-state index in [1.54, 1.807) is 13.8 Å². The zero-order valence-electron chi connectivity index (χ0n) is 10.5. The molecule has 5 nitrogen and oxygen atoms in total. The van der Waals surface area contributed by atoms with E-state index in [4.69, 9.17) is 10.8 Å². The van der Waals surface area contributed by atoms with Gasteiger partial charge in [0.25, 0.3) is 0 Å². The van der Waals surface area contributed by atoms with E-state index in [0.717, 1.165) is 25.7 Å². The molecule has 0 radical (unpaired) electrons. The van der Waals surface area contributed by atoms with Crippen LogP contribution in [0.1, 0.15) is 46.0 Å². The van der Waals surface area contributed by atoms with Gasteiger partial charge in [0, 0.05) is 18.5 Å². The van der Waals surface area contributed by atoms with Gasteiger partial charge in [-0.25, -0.2) is 0 Å². The van der Waals surface area contributed by atoms with Gasteiger partial charge in [-0.1, -0.05) is 0 Å². The highest BCUT2D eigenvalue weighted by atomic mass is 16.4. The van der Waals surface area contributed by atoms with Crippen LogP contribution in [0.3, 0.4) is 0 Å². The molecule has 5 heteroatoms. The monoisotopic (exact) mass is 242 g/mol. The standard InChI is InChI=1S/C12H22N2O3/c1-12(2,11(16)17)7-10(15)14-9-5-3-8(13)4-6-9/h8-9H,3-7,13H2,1-2H3,(H,14,15)(H,16,17). The molecule has 4 N–H and O–H groups in total. The van der Waals surface area contributed by atoms with E-state index in [9.17, 15) is 9.59 Å². The maximum Gasteiger partial charge on any atom is 0.309 e. The highest BCUT2D eigenvalue weighted by Gasteiger charge is 2.31. The lowest BCUT2D eigenvalue weighted by atomic mass is 9.88. The van der Waals surface area contributed by atoms with Gasteiger partial charge in [-0.15, -0.1) is 0 Å². The minimum Gasteiger partial charge on any atom is -0.481 e. The molecule has 1 amide bonds. The van der Waals surface area contributed by atoms with Crippen molar-refractivity contribution in [2.45, 2.75) is 58.0 Å². The Morgan fingerprint density at radius 1 is 1.29 bits per heavy atom. The Morgan fingerprint density at radius 2 is 1.82 bits per heavy atom. The molecular weight excluding hydrogens is 220 g/mol. The van der Waals surface area contributed by atoms with Crippen LogP contribution in [-0.2, 0) is 9.59 Å². The van der Waals surface area contributed by atoms with E-state index in [-0.39, 0.29) is 24.4 Å². The highest BCUT2D eigenvalue weighted by Crippen LogP contribution is 2.22. The molecule has 1 saturated carbocycles. The van der Waals surface area contributed by atoms with Crippen LogP contribution < -0.4 is 11.1 Å². The largest absolute Gasteiger partial charge is 0.481 e. The minimum absolute atomic E-state index is 0.0187. The average Bonchev–Trinajstić information content (AvgIpc) is 2.20. The zero-order valence-corrected chi connectivity index (χ0v) is 10.5. The zero-order chi connectivity index (χ0) is 13.1. The van der Waals surface area contributed by atoms with Gasteiger partial charge in [0.05, 0.1) is 5.41 Å². The molecule has 0 heterocycles. The Balaban J connectivity index is 2.37. The van der Waals surface area contributed by atoms with E-state index in [1.807, 2.05) is 0 Å². The molecule has 1 fully saturated rings. The first kappa shape index (κ1) is 14.0.